The van der Waals surface area contributed by atoms with Gasteiger partial charge in [-0.1, -0.05) is 42.5 Å². The van der Waals surface area contributed by atoms with Gasteiger partial charge in [-0.25, -0.2) is 4.57 Å². The molecule has 0 bridgehead atoms. The fourth-order valence-electron chi connectivity index (χ4n) is 3.30. The predicted molar refractivity (Wildman–Crippen MR) is 84.7 cm³/mol. The average Bonchev–Trinajstić information content (AvgIpc) is 2.93. The Morgan fingerprint density at radius 1 is 1.00 bits per heavy atom. The van der Waals surface area contributed by atoms with Crippen molar-refractivity contribution in [3.05, 3.63) is 71.2 Å². The first-order chi connectivity index (χ1) is 10.9. The van der Waals surface area contributed by atoms with Gasteiger partial charge in [-0.2, -0.15) is 4.57 Å². The van der Waals surface area contributed by atoms with E-state index in [1.165, 1.54) is 5.56 Å². The van der Waals surface area contributed by atoms with Crippen LogP contribution in [-0.2, 0) is 6.50 Å². The van der Waals surface area contributed by atoms with Gasteiger partial charge in [0.2, 0.25) is 0 Å². The number of hydrogen-bond donors (Lipinski definition) is 0. The molecule has 0 atom stereocenters. The second-order valence-corrected chi connectivity index (χ2v) is 5.60. The molecule has 2 heteroatoms. The Bertz CT molecular complexity index is 939. The predicted octanol–water partition coefficient (Wildman–Crippen LogP) is 3.72. The SMILES string of the molecule is [2H]C1([2H])c2ccccc2-c2c(C)n(-c3ccccc3C)c(C)[n+]21. The second-order valence-electron chi connectivity index (χ2n) is 5.60. The molecule has 2 nitrogen and oxygen atoms in total. The summed E-state index contributed by atoms with van der Waals surface area (Å²) in [4.78, 5) is 0. The van der Waals surface area contributed by atoms with E-state index in [-0.39, 0.29) is 0 Å². The van der Waals surface area contributed by atoms with E-state index in [9.17, 15) is 0 Å². The number of benzene rings is 2. The minimum absolute atomic E-state index is 0.748. The molecule has 104 valence electrons. The highest BCUT2D eigenvalue weighted by atomic mass is 15.2. The Morgan fingerprint density at radius 3 is 2.52 bits per heavy atom. The van der Waals surface area contributed by atoms with Crippen LogP contribution in [0.15, 0.2) is 48.5 Å². The lowest BCUT2D eigenvalue weighted by Crippen LogP contribution is -2.34. The van der Waals surface area contributed by atoms with Crippen LogP contribution in [0.2, 0.25) is 0 Å². The Morgan fingerprint density at radius 2 is 1.71 bits per heavy atom. The van der Waals surface area contributed by atoms with Crippen molar-refractivity contribution in [1.29, 1.82) is 0 Å². The lowest BCUT2D eigenvalue weighted by atomic mass is 10.1. The third kappa shape index (κ3) is 1.62. The quantitative estimate of drug-likeness (QED) is 0.599. The van der Waals surface area contributed by atoms with E-state index in [2.05, 4.69) is 30.5 Å². The molecule has 2 aromatic carbocycles. The van der Waals surface area contributed by atoms with Crippen molar-refractivity contribution in [2.24, 2.45) is 0 Å². The van der Waals surface area contributed by atoms with E-state index in [1.54, 1.807) is 0 Å². The average molecular weight is 277 g/mol. The maximum atomic E-state index is 8.63. The monoisotopic (exact) mass is 277 g/mol. The summed E-state index contributed by atoms with van der Waals surface area (Å²) < 4.78 is 21.3. The Kier molecular flexibility index (Phi) is 2.14. The molecule has 4 rings (SSSR count). The normalized spacial score (nSPS) is 16.1. The molecule has 0 amide bonds. The molecular formula is C19H19N2+. The van der Waals surface area contributed by atoms with Crippen molar-refractivity contribution in [3.8, 4) is 16.9 Å². The molecule has 0 spiro atoms. The number of fused-ring (bicyclic) bond motifs is 3. The molecule has 0 radical (unpaired) electrons. The molecule has 1 aliphatic rings. The van der Waals surface area contributed by atoms with Crippen molar-refractivity contribution in [1.82, 2.24) is 4.57 Å². The van der Waals surface area contributed by atoms with E-state index in [4.69, 9.17) is 2.74 Å². The Balaban J connectivity index is 2.10. The lowest BCUT2D eigenvalue weighted by molar-refractivity contribution is -0.678. The van der Waals surface area contributed by atoms with Crippen molar-refractivity contribution in [2.75, 3.05) is 0 Å². The Labute approximate surface area is 128 Å². The molecule has 1 aliphatic heterocycles. The first-order valence-electron chi connectivity index (χ1n) is 8.25. The molecule has 21 heavy (non-hydrogen) atoms. The van der Waals surface area contributed by atoms with Gasteiger partial charge in [0, 0.05) is 25.0 Å². The largest absolute Gasteiger partial charge is 0.259 e. The summed E-state index contributed by atoms with van der Waals surface area (Å²) in [6, 6.07) is 16.0. The number of aromatic nitrogens is 2. The zero-order valence-corrected chi connectivity index (χ0v) is 12.5. The van der Waals surface area contributed by atoms with E-state index in [1.807, 2.05) is 47.9 Å². The fourth-order valence-corrected chi connectivity index (χ4v) is 3.30. The van der Waals surface area contributed by atoms with Crippen molar-refractivity contribution >= 4 is 0 Å². The third-order valence-electron chi connectivity index (χ3n) is 4.32. The summed E-state index contributed by atoms with van der Waals surface area (Å²) in [6.07, 6.45) is 0. The summed E-state index contributed by atoms with van der Waals surface area (Å²) in [5.41, 5.74) is 6.08. The second kappa shape index (κ2) is 4.32. The van der Waals surface area contributed by atoms with Crippen LogP contribution in [0.5, 0.6) is 0 Å². The molecule has 0 unspecified atom stereocenters. The summed E-state index contributed by atoms with van der Waals surface area (Å²) in [5, 5.41) is 0. The van der Waals surface area contributed by atoms with Crippen LogP contribution in [-0.4, -0.2) is 4.57 Å². The minimum atomic E-state index is -1.52. The highest BCUT2D eigenvalue weighted by Gasteiger charge is 2.33. The van der Waals surface area contributed by atoms with Gasteiger partial charge in [-0.05, 0) is 18.6 Å². The molecule has 3 aromatic rings. The first-order valence-corrected chi connectivity index (χ1v) is 7.25. The van der Waals surface area contributed by atoms with Gasteiger partial charge in [0.05, 0.1) is 2.74 Å². The number of hydrogen-bond acceptors (Lipinski definition) is 0. The van der Waals surface area contributed by atoms with E-state index < -0.39 is 6.50 Å². The van der Waals surface area contributed by atoms with Gasteiger partial charge in [0.15, 0.2) is 11.4 Å². The number of nitrogens with zero attached hydrogens (tertiary/aromatic N) is 2. The van der Waals surface area contributed by atoms with Crippen LogP contribution in [0, 0.1) is 20.8 Å². The van der Waals surface area contributed by atoms with Gasteiger partial charge in [-0.15, -0.1) is 0 Å². The maximum Gasteiger partial charge on any atom is 0.259 e. The van der Waals surface area contributed by atoms with Gasteiger partial charge in [-0.3, -0.25) is 0 Å². The van der Waals surface area contributed by atoms with Crippen molar-refractivity contribution < 1.29 is 7.31 Å². The summed E-state index contributed by atoms with van der Waals surface area (Å²) in [5.74, 6) is 0.910. The van der Waals surface area contributed by atoms with Crippen molar-refractivity contribution in [3.63, 3.8) is 0 Å². The lowest BCUT2D eigenvalue weighted by Gasteiger charge is -2.05. The van der Waals surface area contributed by atoms with Crippen LogP contribution in [0.1, 0.15) is 25.4 Å². The molecule has 1 aromatic heterocycles. The first kappa shape index (κ1) is 10.4. The topological polar surface area (TPSA) is 8.81 Å². The molecular weight excluding hydrogens is 256 g/mol. The van der Waals surface area contributed by atoms with Crippen LogP contribution in [0.3, 0.4) is 0 Å². The fraction of sp³-hybridized carbons (Fsp3) is 0.211. The number of imidazole rings is 1. The van der Waals surface area contributed by atoms with E-state index >= 15 is 0 Å². The van der Waals surface area contributed by atoms with Crippen LogP contribution >= 0.6 is 0 Å². The summed E-state index contributed by atoms with van der Waals surface area (Å²) in [7, 11) is 0. The Hall–Kier alpha value is -2.35. The highest BCUT2D eigenvalue weighted by Crippen LogP contribution is 2.32. The zero-order chi connectivity index (χ0) is 16.4. The molecule has 0 aliphatic carbocycles. The van der Waals surface area contributed by atoms with Gasteiger partial charge in [0.1, 0.15) is 12.2 Å². The highest BCUT2D eigenvalue weighted by molar-refractivity contribution is 5.66. The standard InChI is InChI=1S/C19H19N2/c1-13-8-4-7-11-18(13)21-14(2)19-17-10-6-5-9-16(17)12-20(19)15(21)3/h4-11H,12H2,1-3H3/q+1/i12D2. The molecule has 0 fully saturated rings. The van der Waals surface area contributed by atoms with Gasteiger partial charge < -0.3 is 0 Å². The number of para-hydroxylation sites is 1. The molecule has 0 saturated carbocycles. The van der Waals surface area contributed by atoms with E-state index in [0.29, 0.717) is 0 Å². The smallest absolute Gasteiger partial charge is 0.223 e. The van der Waals surface area contributed by atoms with Crippen molar-refractivity contribution in [2.45, 2.75) is 27.3 Å². The third-order valence-corrected chi connectivity index (χ3v) is 4.32. The molecule has 0 saturated heterocycles. The minimum Gasteiger partial charge on any atom is -0.223 e. The van der Waals surface area contributed by atoms with Gasteiger partial charge in [0.25, 0.3) is 5.82 Å². The number of aryl methyl sites for hydroxylation is 1. The molecule has 2 heterocycles. The van der Waals surface area contributed by atoms with Crippen LogP contribution in [0.25, 0.3) is 16.9 Å². The summed E-state index contributed by atoms with van der Waals surface area (Å²) >= 11 is 0. The molecule has 0 N–H and O–H groups in total. The van der Waals surface area contributed by atoms with E-state index in [0.717, 1.165) is 34.0 Å². The number of rotatable bonds is 1. The maximum absolute atomic E-state index is 8.63. The zero-order valence-electron chi connectivity index (χ0n) is 14.5. The summed E-state index contributed by atoms with van der Waals surface area (Å²) in [6.45, 7) is 4.64. The van der Waals surface area contributed by atoms with Gasteiger partial charge >= 0.3 is 0 Å². The van der Waals surface area contributed by atoms with Crippen LogP contribution in [0.4, 0.5) is 0 Å². The van der Waals surface area contributed by atoms with Crippen LogP contribution < -0.4 is 4.57 Å².